The summed E-state index contributed by atoms with van der Waals surface area (Å²) in [6.45, 7) is 6.62. The molecule has 0 N–H and O–H groups in total. The molecule has 0 amide bonds. The minimum atomic E-state index is -0.312. The zero-order valence-corrected chi connectivity index (χ0v) is 12.7. The maximum absolute atomic E-state index is 5.74. The Morgan fingerprint density at radius 1 is 1.24 bits per heavy atom. The van der Waals surface area contributed by atoms with E-state index in [4.69, 9.17) is 9.26 Å². The molecule has 0 bridgehead atoms. The van der Waals surface area contributed by atoms with Crippen LogP contribution in [-0.2, 0) is 10.2 Å². The van der Waals surface area contributed by atoms with Crippen LogP contribution in [-0.4, -0.2) is 41.8 Å². The predicted octanol–water partition coefficient (Wildman–Crippen LogP) is 2.40. The predicted molar refractivity (Wildman–Crippen MR) is 79.1 cm³/mol. The molecule has 3 rings (SSSR count). The Morgan fingerprint density at radius 3 is 2.71 bits per heavy atom. The summed E-state index contributed by atoms with van der Waals surface area (Å²) in [4.78, 5) is 6.80. The zero-order chi connectivity index (χ0) is 14.9. The normalized spacial score (nSPS) is 20.6. The summed E-state index contributed by atoms with van der Waals surface area (Å²) < 4.78 is 11.3. The summed E-state index contributed by atoms with van der Waals surface area (Å²) in [6.07, 6.45) is -0.104. The largest absolute Gasteiger partial charge is 0.367 e. The standard InChI is InChI=1S/C16H21N3O2/c1-16(2,12-7-5-4-6-8-12)15-17-14(18-21-15)13-11-19(3)9-10-20-13/h4-8,13H,9-11H2,1-3H3/t13-/m1/s1. The molecular weight excluding hydrogens is 266 g/mol. The van der Waals surface area contributed by atoms with Crippen molar-refractivity contribution in [3.8, 4) is 0 Å². The second kappa shape index (κ2) is 5.58. The van der Waals surface area contributed by atoms with Crippen LogP contribution < -0.4 is 0 Å². The molecule has 1 saturated heterocycles. The maximum atomic E-state index is 5.74. The average Bonchev–Trinajstić information content (AvgIpc) is 2.99. The lowest BCUT2D eigenvalue weighted by atomic mass is 9.84. The first-order chi connectivity index (χ1) is 10.1. The number of nitrogens with zero attached hydrogens (tertiary/aromatic N) is 3. The van der Waals surface area contributed by atoms with Crippen molar-refractivity contribution in [2.45, 2.75) is 25.4 Å². The summed E-state index contributed by atoms with van der Waals surface area (Å²) in [5, 5.41) is 4.13. The van der Waals surface area contributed by atoms with E-state index in [-0.39, 0.29) is 11.5 Å². The Hall–Kier alpha value is -1.72. The summed E-state index contributed by atoms with van der Waals surface area (Å²) >= 11 is 0. The molecule has 1 atom stereocenters. The van der Waals surface area contributed by atoms with Gasteiger partial charge in [-0.05, 0) is 26.5 Å². The molecular formula is C16H21N3O2. The van der Waals surface area contributed by atoms with Gasteiger partial charge in [-0.2, -0.15) is 4.98 Å². The molecule has 1 aromatic carbocycles. The van der Waals surface area contributed by atoms with Crippen LogP contribution in [0.4, 0.5) is 0 Å². The molecule has 0 saturated carbocycles. The van der Waals surface area contributed by atoms with Crippen molar-refractivity contribution >= 4 is 0 Å². The molecule has 112 valence electrons. The van der Waals surface area contributed by atoms with Crippen LogP contribution in [0.1, 0.15) is 37.2 Å². The molecule has 5 nitrogen and oxygen atoms in total. The summed E-state index contributed by atoms with van der Waals surface area (Å²) in [5.74, 6) is 1.26. The number of benzene rings is 1. The highest BCUT2D eigenvalue weighted by Crippen LogP contribution is 2.31. The highest BCUT2D eigenvalue weighted by molar-refractivity contribution is 5.29. The number of hydrogen-bond donors (Lipinski definition) is 0. The number of ether oxygens (including phenoxy) is 1. The summed E-state index contributed by atoms with van der Waals surface area (Å²) in [7, 11) is 2.07. The number of aromatic nitrogens is 2. The minimum Gasteiger partial charge on any atom is -0.367 e. The van der Waals surface area contributed by atoms with Gasteiger partial charge in [0.15, 0.2) is 0 Å². The quantitative estimate of drug-likeness (QED) is 0.867. The van der Waals surface area contributed by atoms with E-state index in [1.54, 1.807) is 0 Å². The number of morpholine rings is 1. The zero-order valence-electron chi connectivity index (χ0n) is 12.7. The number of rotatable bonds is 3. The molecule has 1 aromatic heterocycles. The smallest absolute Gasteiger partial charge is 0.236 e. The molecule has 21 heavy (non-hydrogen) atoms. The molecule has 5 heteroatoms. The van der Waals surface area contributed by atoms with Crippen LogP contribution in [0.5, 0.6) is 0 Å². The Labute approximate surface area is 124 Å². The first-order valence-electron chi connectivity index (χ1n) is 7.27. The molecule has 0 radical (unpaired) electrons. The third-order valence-corrected chi connectivity index (χ3v) is 4.03. The van der Waals surface area contributed by atoms with Crippen molar-refractivity contribution in [1.29, 1.82) is 0 Å². The van der Waals surface area contributed by atoms with Crippen LogP contribution >= 0.6 is 0 Å². The van der Waals surface area contributed by atoms with Gasteiger partial charge in [0.1, 0.15) is 6.10 Å². The van der Waals surface area contributed by atoms with Gasteiger partial charge in [0.2, 0.25) is 11.7 Å². The van der Waals surface area contributed by atoms with Crippen LogP contribution in [0.15, 0.2) is 34.9 Å². The highest BCUT2D eigenvalue weighted by atomic mass is 16.5. The average molecular weight is 287 g/mol. The molecule has 2 aromatic rings. The minimum absolute atomic E-state index is 0.104. The van der Waals surface area contributed by atoms with E-state index in [0.717, 1.165) is 18.7 Å². The lowest BCUT2D eigenvalue weighted by Crippen LogP contribution is -2.35. The molecule has 0 aliphatic carbocycles. The van der Waals surface area contributed by atoms with E-state index in [1.807, 2.05) is 18.2 Å². The molecule has 2 heterocycles. The molecule has 0 unspecified atom stereocenters. The van der Waals surface area contributed by atoms with Crippen LogP contribution in [0, 0.1) is 0 Å². The molecule has 1 fully saturated rings. The number of hydrogen-bond acceptors (Lipinski definition) is 5. The third kappa shape index (κ3) is 2.84. The molecule has 1 aliphatic heterocycles. The van der Waals surface area contributed by atoms with Gasteiger partial charge in [-0.15, -0.1) is 0 Å². The van der Waals surface area contributed by atoms with Crippen LogP contribution in [0.3, 0.4) is 0 Å². The summed E-state index contributed by atoms with van der Waals surface area (Å²) in [5.41, 5.74) is 0.842. The van der Waals surface area contributed by atoms with E-state index < -0.39 is 0 Å². The van der Waals surface area contributed by atoms with Crippen molar-refractivity contribution in [2.24, 2.45) is 0 Å². The summed E-state index contributed by atoms with van der Waals surface area (Å²) in [6, 6.07) is 10.2. The van der Waals surface area contributed by atoms with Crippen molar-refractivity contribution in [1.82, 2.24) is 15.0 Å². The van der Waals surface area contributed by atoms with E-state index in [1.165, 1.54) is 0 Å². The van der Waals surface area contributed by atoms with Crippen molar-refractivity contribution in [3.05, 3.63) is 47.6 Å². The van der Waals surface area contributed by atoms with Gasteiger partial charge in [0.25, 0.3) is 0 Å². The SMILES string of the molecule is CN1CCO[C@@H](c2noc(C(C)(C)c3ccccc3)n2)C1. The third-order valence-electron chi connectivity index (χ3n) is 4.03. The fourth-order valence-corrected chi connectivity index (χ4v) is 2.53. The second-order valence-electron chi connectivity index (χ2n) is 6.07. The highest BCUT2D eigenvalue weighted by Gasteiger charge is 2.32. The second-order valence-corrected chi connectivity index (χ2v) is 6.07. The van der Waals surface area contributed by atoms with Crippen LogP contribution in [0.2, 0.25) is 0 Å². The van der Waals surface area contributed by atoms with Crippen molar-refractivity contribution < 1.29 is 9.26 Å². The topological polar surface area (TPSA) is 51.4 Å². The maximum Gasteiger partial charge on any atom is 0.236 e. The van der Waals surface area contributed by atoms with E-state index in [2.05, 4.69) is 48.1 Å². The Balaban J connectivity index is 1.84. The lowest BCUT2D eigenvalue weighted by molar-refractivity contribution is -0.0264. The van der Waals surface area contributed by atoms with Gasteiger partial charge in [0.05, 0.1) is 12.0 Å². The van der Waals surface area contributed by atoms with Crippen molar-refractivity contribution in [2.75, 3.05) is 26.7 Å². The van der Waals surface area contributed by atoms with E-state index in [0.29, 0.717) is 18.3 Å². The fraction of sp³-hybridized carbons (Fsp3) is 0.500. The van der Waals surface area contributed by atoms with Gasteiger partial charge < -0.3 is 14.2 Å². The van der Waals surface area contributed by atoms with E-state index in [9.17, 15) is 0 Å². The van der Waals surface area contributed by atoms with Gasteiger partial charge in [-0.1, -0.05) is 35.5 Å². The van der Waals surface area contributed by atoms with Crippen molar-refractivity contribution in [3.63, 3.8) is 0 Å². The number of likely N-dealkylation sites (N-methyl/N-ethyl adjacent to an activating group) is 1. The van der Waals surface area contributed by atoms with Gasteiger partial charge in [0, 0.05) is 13.1 Å². The first-order valence-corrected chi connectivity index (χ1v) is 7.27. The molecule has 1 aliphatic rings. The Morgan fingerprint density at radius 2 is 2.00 bits per heavy atom. The Kier molecular flexibility index (Phi) is 3.78. The molecule has 0 spiro atoms. The fourth-order valence-electron chi connectivity index (χ4n) is 2.53. The van der Waals surface area contributed by atoms with E-state index >= 15 is 0 Å². The lowest BCUT2D eigenvalue weighted by Gasteiger charge is -2.27. The monoisotopic (exact) mass is 287 g/mol. The van der Waals surface area contributed by atoms with Crippen LogP contribution in [0.25, 0.3) is 0 Å². The Bertz CT molecular complexity index is 595. The van der Waals surface area contributed by atoms with Gasteiger partial charge >= 0.3 is 0 Å². The first kappa shape index (κ1) is 14.2. The van der Waals surface area contributed by atoms with Gasteiger partial charge in [-0.3, -0.25) is 0 Å². The van der Waals surface area contributed by atoms with Gasteiger partial charge in [-0.25, -0.2) is 0 Å².